The monoisotopic (exact) mass is 613 g/mol. The third-order valence-electron chi connectivity index (χ3n) is 13.0. The molecular formula is C34H47NO9. The lowest BCUT2D eigenvalue weighted by Crippen LogP contribution is -2.79. The molecule has 1 saturated heterocycles. The van der Waals surface area contributed by atoms with Gasteiger partial charge in [0.05, 0.1) is 36.6 Å². The minimum atomic E-state index is -1.01. The summed E-state index contributed by atoms with van der Waals surface area (Å²) in [5, 5.41) is 12.0. The van der Waals surface area contributed by atoms with Gasteiger partial charge in [0.1, 0.15) is 11.7 Å². The number of hydrogen-bond donors (Lipinski definition) is 1. The normalized spacial score (nSPS) is 48.2. The maximum absolute atomic E-state index is 13.7. The first-order chi connectivity index (χ1) is 21.2. The van der Waals surface area contributed by atoms with Crippen molar-refractivity contribution in [2.24, 2.45) is 40.4 Å². The highest BCUT2D eigenvalue weighted by molar-refractivity contribution is 5.89. The molecule has 14 atom stereocenters. The van der Waals surface area contributed by atoms with Crippen molar-refractivity contribution in [3.05, 3.63) is 35.9 Å². The third kappa shape index (κ3) is 3.64. The average molecular weight is 614 g/mol. The molecule has 10 nitrogen and oxygen atoms in total. The van der Waals surface area contributed by atoms with Crippen molar-refractivity contribution in [3.8, 4) is 0 Å². The fourth-order valence-corrected chi connectivity index (χ4v) is 12.2. The highest BCUT2D eigenvalue weighted by Gasteiger charge is 2.89. The van der Waals surface area contributed by atoms with Crippen molar-refractivity contribution in [3.63, 3.8) is 0 Å². The molecular weight excluding hydrogens is 566 g/mol. The summed E-state index contributed by atoms with van der Waals surface area (Å²) in [6, 6.07) is 9.02. The summed E-state index contributed by atoms with van der Waals surface area (Å²) in [7, 11) is 6.88. The van der Waals surface area contributed by atoms with E-state index in [-0.39, 0.29) is 65.9 Å². The van der Waals surface area contributed by atoms with Crippen LogP contribution >= 0.6 is 0 Å². The largest absolute Gasteiger partial charge is 0.458 e. The van der Waals surface area contributed by atoms with Crippen molar-refractivity contribution < 1.29 is 43.1 Å². The first-order valence-corrected chi connectivity index (χ1v) is 16.1. The Balaban J connectivity index is 1.48. The molecule has 1 heterocycles. The highest BCUT2D eigenvalue weighted by atomic mass is 16.6. The van der Waals surface area contributed by atoms with Gasteiger partial charge in [0.2, 0.25) is 0 Å². The number of aliphatic hydroxyl groups is 1. The minimum Gasteiger partial charge on any atom is -0.458 e. The molecule has 242 valence electrons. The van der Waals surface area contributed by atoms with E-state index in [4.69, 9.17) is 28.4 Å². The summed E-state index contributed by atoms with van der Waals surface area (Å²) in [5.41, 5.74) is -1.61. The second-order valence-electron chi connectivity index (χ2n) is 14.1. The Morgan fingerprint density at radius 2 is 1.75 bits per heavy atom. The third-order valence-corrected chi connectivity index (χ3v) is 13.0. The molecule has 6 fully saturated rings. The van der Waals surface area contributed by atoms with E-state index in [0.717, 1.165) is 13.0 Å². The number of piperidine rings is 1. The van der Waals surface area contributed by atoms with Crippen LogP contribution in [-0.4, -0.2) is 112 Å². The summed E-state index contributed by atoms with van der Waals surface area (Å²) in [6.45, 7) is 5.40. The summed E-state index contributed by atoms with van der Waals surface area (Å²) < 4.78 is 38.3. The van der Waals surface area contributed by atoms with Gasteiger partial charge in [0, 0.05) is 95.3 Å². The number of nitrogens with zero attached hydrogens (tertiary/aromatic N) is 1. The smallest absolute Gasteiger partial charge is 0.338 e. The quantitative estimate of drug-likeness (QED) is 0.417. The predicted octanol–water partition coefficient (Wildman–Crippen LogP) is 2.56. The number of rotatable bonds is 9. The van der Waals surface area contributed by atoms with Crippen LogP contribution < -0.4 is 0 Å². The summed E-state index contributed by atoms with van der Waals surface area (Å²) >= 11 is 0. The fraction of sp³-hybridized carbons (Fsp3) is 0.765. The second-order valence-corrected chi connectivity index (χ2v) is 14.1. The van der Waals surface area contributed by atoms with Crippen LogP contribution in [-0.2, 0) is 33.2 Å². The van der Waals surface area contributed by atoms with Gasteiger partial charge in [0.25, 0.3) is 0 Å². The van der Waals surface area contributed by atoms with E-state index in [0.29, 0.717) is 31.6 Å². The lowest BCUT2D eigenvalue weighted by molar-refractivity contribution is -0.297. The van der Waals surface area contributed by atoms with E-state index in [1.165, 1.54) is 6.92 Å². The van der Waals surface area contributed by atoms with Crippen LogP contribution in [0.3, 0.4) is 0 Å². The molecule has 44 heavy (non-hydrogen) atoms. The Kier molecular flexibility index (Phi) is 7.46. The molecule has 1 N–H and O–H groups in total. The van der Waals surface area contributed by atoms with Gasteiger partial charge in [-0.15, -0.1) is 0 Å². The van der Waals surface area contributed by atoms with Crippen LogP contribution in [0.5, 0.6) is 0 Å². The van der Waals surface area contributed by atoms with Crippen LogP contribution in [0.15, 0.2) is 30.3 Å². The standard InChI is InChI=1S/C34H47NO9/c1-7-35-16-32(17-39-3)23(37)14-24(41-5)34-21-13-20-22(40-4)15-33(44-18(2)36,26(30(34)35)28(42-6)29(32)34)25(21)27(20)43-31(38)19-11-9-8-10-12-19/h8-12,20-30,37H,7,13-17H2,1-6H3/t20-,21-,22+,23-,24+,25-,26?,27?,28+,29-,30?,32+,33-,34?/m1/s1. The lowest BCUT2D eigenvalue weighted by atomic mass is 9.42. The van der Waals surface area contributed by atoms with Gasteiger partial charge in [-0.25, -0.2) is 4.79 Å². The Hall–Kier alpha value is -2.08. The summed E-state index contributed by atoms with van der Waals surface area (Å²) in [5.74, 6) is -1.57. The van der Waals surface area contributed by atoms with Crippen molar-refractivity contribution in [1.29, 1.82) is 0 Å². The van der Waals surface area contributed by atoms with Crippen LogP contribution in [0.2, 0.25) is 0 Å². The molecule has 10 heteroatoms. The van der Waals surface area contributed by atoms with Gasteiger partial charge in [-0.05, 0) is 31.0 Å². The molecule has 1 aromatic carbocycles. The maximum Gasteiger partial charge on any atom is 0.338 e. The number of ether oxygens (including phenoxy) is 6. The molecule has 4 unspecified atom stereocenters. The van der Waals surface area contributed by atoms with Crippen molar-refractivity contribution in [2.75, 3.05) is 48.1 Å². The molecule has 1 aliphatic heterocycles. The number of aliphatic hydroxyl groups excluding tert-OH is 1. The molecule has 7 rings (SSSR count). The lowest BCUT2D eigenvalue weighted by Gasteiger charge is -2.70. The van der Waals surface area contributed by atoms with Crippen molar-refractivity contribution >= 4 is 11.9 Å². The maximum atomic E-state index is 13.7. The number of fused-ring (bicyclic) bond motifs is 2. The highest BCUT2D eigenvalue weighted by Crippen LogP contribution is 2.80. The Bertz CT molecular complexity index is 1280. The molecule has 5 aliphatic carbocycles. The topological polar surface area (TPSA) is 113 Å². The Morgan fingerprint density at radius 3 is 2.36 bits per heavy atom. The number of carbonyl (C=O) groups is 2. The number of carbonyl (C=O) groups excluding carboxylic acids is 2. The minimum absolute atomic E-state index is 0.0367. The molecule has 0 radical (unpaired) electrons. The second kappa shape index (κ2) is 10.7. The van der Waals surface area contributed by atoms with E-state index >= 15 is 0 Å². The molecule has 5 saturated carbocycles. The summed E-state index contributed by atoms with van der Waals surface area (Å²) in [6.07, 6.45) is -0.424. The first-order valence-electron chi connectivity index (χ1n) is 16.1. The van der Waals surface area contributed by atoms with Crippen LogP contribution in [0, 0.1) is 40.4 Å². The van der Waals surface area contributed by atoms with Crippen LogP contribution in [0.25, 0.3) is 0 Å². The van der Waals surface area contributed by atoms with Gasteiger partial charge < -0.3 is 33.5 Å². The Morgan fingerprint density at radius 1 is 1.00 bits per heavy atom. The van der Waals surface area contributed by atoms with Crippen LogP contribution in [0.1, 0.15) is 43.5 Å². The van der Waals surface area contributed by atoms with Gasteiger partial charge in [0.15, 0.2) is 0 Å². The van der Waals surface area contributed by atoms with Gasteiger partial charge in [-0.2, -0.15) is 0 Å². The zero-order valence-corrected chi connectivity index (χ0v) is 26.6. The Labute approximate surface area is 259 Å². The van der Waals surface area contributed by atoms with Gasteiger partial charge in [-0.1, -0.05) is 25.1 Å². The zero-order valence-electron chi connectivity index (χ0n) is 26.6. The number of methoxy groups -OCH3 is 4. The van der Waals surface area contributed by atoms with E-state index in [1.54, 1.807) is 40.6 Å². The van der Waals surface area contributed by atoms with Gasteiger partial charge >= 0.3 is 11.9 Å². The van der Waals surface area contributed by atoms with Crippen LogP contribution in [0.4, 0.5) is 0 Å². The molecule has 1 aromatic rings. The SMILES string of the molecule is CCN1C[C@]2(COC)[C@H](O)C[C@H](OC)C34C1C([C@H](OC)[C@@H]32)[C@@]1(OC(C)=O)C[C@H](OC)[C@H]2C[C@@H]4[C@@H]1C2OC(=O)c1ccccc1. The van der Waals surface area contributed by atoms with Gasteiger partial charge in [-0.3, -0.25) is 9.69 Å². The molecule has 6 aliphatic rings. The predicted molar refractivity (Wildman–Crippen MR) is 158 cm³/mol. The van der Waals surface area contributed by atoms with E-state index in [1.807, 2.05) is 18.2 Å². The van der Waals surface area contributed by atoms with E-state index < -0.39 is 28.6 Å². The number of benzene rings is 1. The molecule has 7 bridgehead atoms. The van der Waals surface area contributed by atoms with Crippen molar-refractivity contribution in [2.45, 2.75) is 75.3 Å². The summed E-state index contributed by atoms with van der Waals surface area (Å²) in [4.78, 5) is 29.4. The number of likely N-dealkylation sites (tertiary alicyclic amines) is 1. The molecule has 0 aromatic heterocycles. The zero-order chi connectivity index (χ0) is 31.2. The number of esters is 2. The molecule has 0 amide bonds. The number of hydrogen-bond acceptors (Lipinski definition) is 10. The fourth-order valence-electron chi connectivity index (χ4n) is 12.2. The first kappa shape index (κ1) is 30.6. The van der Waals surface area contributed by atoms with E-state index in [9.17, 15) is 14.7 Å². The van der Waals surface area contributed by atoms with Crippen molar-refractivity contribution in [1.82, 2.24) is 4.90 Å². The van der Waals surface area contributed by atoms with E-state index in [2.05, 4.69) is 11.8 Å². The average Bonchev–Trinajstić information content (AvgIpc) is 3.44. The molecule has 1 spiro atoms.